The van der Waals surface area contributed by atoms with E-state index in [0.717, 1.165) is 50.9 Å². The molecule has 2 aliphatic heterocycles. The molecule has 0 unspecified atom stereocenters. The highest BCUT2D eigenvalue weighted by Gasteiger charge is 2.17. The molecule has 24 heavy (non-hydrogen) atoms. The Morgan fingerprint density at radius 1 is 1.17 bits per heavy atom. The van der Waals surface area contributed by atoms with Crippen molar-refractivity contribution in [3.05, 3.63) is 34.3 Å². The van der Waals surface area contributed by atoms with Crippen LogP contribution in [0.5, 0.6) is 0 Å². The molecule has 5 nitrogen and oxygen atoms in total. The van der Waals surface area contributed by atoms with Crippen molar-refractivity contribution in [2.75, 3.05) is 54.4 Å². The lowest BCUT2D eigenvalue weighted by Gasteiger charge is -2.28. The Morgan fingerprint density at radius 2 is 2.08 bits per heavy atom. The molecular formula is C17H23N5S2. The second-order valence-corrected chi connectivity index (χ2v) is 8.41. The zero-order valence-corrected chi connectivity index (χ0v) is 15.4. The first-order chi connectivity index (χ1) is 11.9. The van der Waals surface area contributed by atoms with Crippen LogP contribution in [0.25, 0.3) is 0 Å². The van der Waals surface area contributed by atoms with E-state index in [1.807, 2.05) is 23.1 Å². The Labute approximate surface area is 151 Å². The predicted molar refractivity (Wildman–Crippen MR) is 103 cm³/mol. The highest BCUT2D eigenvalue weighted by atomic mass is 32.2. The fourth-order valence-electron chi connectivity index (χ4n) is 3.25. The van der Waals surface area contributed by atoms with Crippen LogP contribution in [0.2, 0.25) is 0 Å². The van der Waals surface area contributed by atoms with Gasteiger partial charge in [-0.3, -0.25) is 4.90 Å². The van der Waals surface area contributed by atoms with Gasteiger partial charge in [-0.1, -0.05) is 0 Å². The number of anilines is 2. The third kappa shape index (κ3) is 3.84. The smallest absolute Gasteiger partial charge is 0.134 e. The van der Waals surface area contributed by atoms with Gasteiger partial charge in [-0.15, -0.1) is 11.3 Å². The normalized spacial score (nSPS) is 18.4. The minimum absolute atomic E-state index is 0.922. The standard InChI is InChI=1S/C17H23N5S2/c1-4-21(12-14-2-8-24-15(1)14)5-3-18-16-11-17(20-13-19-16)22-6-9-23-10-7-22/h2,8,11,13H,1,3-7,9-10,12H2,(H,18,19,20). The van der Waals surface area contributed by atoms with E-state index in [4.69, 9.17) is 0 Å². The summed E-state index contributed by atoms with van der Waals surface area (Å²) in [5.74, 6) is 4.36. The summed E-state index contributed by atoms with van der Waals surface area (Å²) in [4.78, 5) is 15.3. The number of fused-ring (bicyclic) bond motifs is 1. The van der Waals surface area contributed by atoms with Crippen LogP contribution in [0.1, 0.15) is 10.4 Å². The molecule has 0 bridgehead atoms. The van der Waals surface area contributed by atoms with E-state index in [1.165, 1.54) is 23.5 Å². The molecule has 0 radical (unpaired) electrons. The van der Waals surface area contributed by atoms with Crippen molar-refractivity contribution in [2.45, 2.75) is 13.0 Å². The predicted octanol–water partition coefficient (Wildman–Crippen LogP) is 2.56. The van der Waals surface area contributed by atoms with Crippen molar-refractivity contribution in [1.29, 1.82) is 0 Å². The summed E-state index contributed by atoms with van der Waals surface area (Å²) in [6, 6.07) is 4.36. The first-order valence-electron chi connectivity index (χ1n) is 8.55. The molecule has 4 rings (SSSR count). The summed E-state index contributed by atoms with van der Waals surface area (Å²) in [5, 5.41) is 5.68. The Bertz CT molecular complexity index is 669. The number of hydrogen-bond donors (Lipinski definition) is 1. The highest BCUT2D eigenvalue weighted by Crippen LogP contribution is 2.23. The van der Waals surface area contributed by atoms with Crippen molar-refractivity contribution in [3.8, 4) is 0 Å². The van der Waals surface area contributed by atoms with Crippen molar-refractivity contribution >= 4 is 34.7 Å². The summed E-state index contributed by atoms with van der Waals surface area (Å²) in [5.41, 5.74) is 1.51. The number of hydrogen-bond acceptors (Lipinski definition) is 7. The maximum absolute atomic E-state index is 4.44. The number of thiophene rings is 1. The van der Waals surface area contributed by atoms with Crippen LogP contribution in [0.4, 0.5) is 11.6 Å². The molecule has 0 atom stereocenters. The van der Waals surface area contributed by atoms with Gasteiger partial charge in [0.2, 0.25) is 0 Å². The minimum Gasteiger partial charge on any atom is -0.369 e. The van der Waals surface area contributed by atoms with Gasteiger partial charge in [0, 0.05) is 61.7 Å². The number of aromatic nitrogens is 2. The Hall–Kier alpha value is -1.31. The molecule has 128 valence electrons. The largest absolute Gasteiger partial charge is 0.369 e. The molecule has 2 aromatic heterocycles. The summed E-state index contributed by atoms with van der Waals surface area (Å²) in [7, 11) is 0. The lowest BCUT2D eigenvalue weighted by Crippen LogP contribution is -2.34. The van der Waals surface area contributed by atoms with E-state index in [1.54, 1.807) is 11.2 Å². The molecule has 0 amide bonds. The summed E-state index contributed by atoms with van der Waals surface area (Å²) >= 11 is 3.92. The van der Waals surface area contributed by atoms with Gasteiger partial charge in [0.1, 0.15) is 18.0 Å². The van der Waals surface area contributed by atoms with Gasteiger partial charge in [0.05, 0.1) is 0 Å². The summed E-state index contributed by atoms with van der Waals surface area (Å²) in [6.07, 6.45) is 2.87. The van der Waals surface area contributed by atoms with Crippen LogP contribution in [0.15, 0.2) is 23.8 Å². The van der Waals surface area contributed by atoms with Gasteiger partial charge >= 0.3 is 0 Å². The molecule has 2 aromatic rings. The molecule has 0 saturated carbocycles. The number of rotatable bonds is 5. The van der Waals surface area contributed by atoms with Crippen LogP contribution < -0.4 is 10.2 Å². The van der Waals surface area contributed by atoms with E-state index in [9.17, 15) is 0 Å². The van der Waals surface area contributed by atoms with E-state index in [-0.39, 0.29) is 0 Å². The van der Waals surface area contributed by atoms with Gasteiger partial charge < -0.3 is 10.2 Å². The van der Waals surface area contributed by atoms with Crippen LogP contribution in [0, 0.1) is 0 Å². The summed E-state index contributed by atoms with van der Waals surface area (Å²) < 4.78 is 0. The molecule has 1 fully saturated rings. The topological polar surface area (TPSA) is 44.3 Å². The fraction of sp³-hybridized carbons (Fsp3) is 0.529. The van der Waals surface area contributed by atoms with E-state index in [0.29, 0.717) is 0 Å². The summed E-state index contributed by atoms with van der Waals surface area (Å²) in [6.45, 7) is 6.38. The Kier molecular flexibility index (Phi) is 5.20. The van der Waals surface area contributed by atoms with E-state index >= 15 is 0 Å². The molecule has 1 N–H and O–H groups in total. The van der Waals surface area contributed by atoms with Gasteiger partial charge in [-0.25, -0.2) is 9.97 Å². The first-order valence-corrected chi connectivity index (χ1v) is 10.6. The van der Waals surface area contributed by atoms with Crippen molar-refractivity contribution in [1.82, 2.24) is 14.9 Å². The number of thioether (sulfide) groups is 1. The molecule has 7 heteroatoms. The van der Waals surface area contributed by atoms with Crippen molar-refractivity contribution in [2.24, 2.45) is 0 Å². The average Bonchev–Trinajstić information content (AvgIpc) is 3.11. The molecule has 0 spiro atoms. The van der Waals surface area contributed by atoms with Crippen LogP contribution in [-0.2, 0) is 13.0 Å². The minimum atomic E-state index is 0.922. The third-order valence-electron chi connectivity index (χ3n) is 4.61. The molecule has 0 aromatic carbocycles. The van der Waals surface area contributed by atoms with Gasteiger partial charge in [0.15, 0.2) is 0 Å². The van der Waals surface area contributed by atoms with Crippen molar-refractivity contribution in [3.63, 3.8) is 0 Å². The van der Waals surface area contributed by atoms with Gasteiger partial charge in [-0.05, 0) is 23.4 Å². The average molecular weight is 362 g/mol. The van der Waals surface area contributed by atoms with Gasteiger partial charge in [-0.2, -0.15) is 11.8 Å². The monoisotopic (exact) mass is 361 g/mol. The van der Waals surface area contributed by atoms with E-state index < -0.39 is 0 Å². The van der Waals surface area contributed by atoms with Crippen LogP contribution in [-0.4, -0.2) is 59.1 Å². The lowest BCUT2D eigenvalue weighted by atomic mass is 10.1. The highest BCUT2D eigenvalue weighted by molar-refractivity contribution is 7.99. The second-order valence-electron chi connectivity index (χ2n) is 6.18. The molecule has 2 aliphatic rings. The lowest BCUT2D eigenvalue weighted by molar-refractivity contribution is 0.266. The fourth-order valence-corrected chi connectivity index (χ4v) is 5.04. The Balaban J connectivity index is 1.28. The SMILES string of the molecule is c1nc(NCCN2CCc3sccc3C2)cc(N2CCSCC2)n1. The second kappa shape index (κ2) is 7.72. The maximum atomic E-state index is 4.44. The molecule has 1 saturated heterocycles. The molecule has 0 aliphatic carbocycles. The van der Waals surface area contributed by atoms with Gasteiger partial charge in [0.25, 0.3) is 0 Å². The quantitative estimate of drug-likeness (QED) is 0.883. The Morgan fingerprint density at radius 3 is 3.00 bits per heavy atom. The zero-order valence-electron chi connectivity index (χ0n) is 13.8. The van der Waals surface area contributed by atoms with Crippen LogP contribution in [0.3, 0.4) is 0 Å². The number of nitrogens with zero attached hydrogens (tertiary/aromatic N) is 4. The maximum Gasteiger partial charge on any atom is 0.134 e. The zero-order chi connectivity index (χ0) is 16.2. The van der Waals surface area contributed by atoms with Crippen molar-refractivity contribution < 1.29 is 0 Å². The molecule has 4 heterocycles. The third-order valence-corrected chi connectivity index (χ3v) is 6.57. The first kappa shape index (κ1) is 16.2. The van der Waals surface area contributed by atoms with E-state index in [2.05, 4.69) is 42.6 Å². The van der Waals surface area contributed by atoms with Crippen LogP contribution >= 0.6 is 23.1 Å². The molecular weight excluding hydrogens is 338 g/mol. The number of nitrogens with one attached hydrogen (secondary N) is 1.